The van der Waals surface area contributed by atoms with Crippen LogP contribution in [0.25, 0.3) is 0 Å². The molecule has 8 nitrogen and oxygen atoms in total. The third kappa shape index (κ3) is 4.70. The SMILES string of the molecule is C[C@@H](CC(c1ccc(O)c(O)c1)[C@H](N)C(=O)O)OC(=O)c1ccncc1. The van der Waals surface area contributed by atoms with E-state index in [-0.39, 0.29) is 17.9 Å². The summed E-state index contributed by atoms with van der Waals surface area (Å²) in [6.45, 7) is 1.63. The molecular weight excluding hydrogens is 340 g/mol. The van der Waals surface area contributed by atoms with Crippen LogP contribution in [0, 0.1) is 0 Å². The van der Waals surface area contributed by atoms with Crippen molar-refractivity contribution in [3.8, 4) is 11.5 Å². The molecule has 138 valence electrons. The molecule has 1 aromatic heterocycles. The molecule has 0 saturated heterocycles. The number of benzene rings is 1. The second-order valence-corrected chi connectivity index (χ2v) is 5.91. The van der Waals surface area contributed by atoms with Crippen LogP contribution in [0.3, 0.4) is 0 Å². The molecule has 0 fully saturated rings. The van der Waals surface area contributed by atoms with Crippen LogP contribution in [0.2, 0.25) is 0 Å². The minimum Gasteiger partial charge on any atom is -0.504 e. The number of carbonyl (C=O) groups is 2. The Kier molecular flexibility index (Phi) is 6.13. The molecule has 0 saturated carbocycles. The van der Waals surface area contributed by atoms with Gasteiger partial charge in [0.05, 0.1) is 5.56 Å². The number of ether oxygens (including phenoxy) is 1. The molecule has 0 amide bonds. The van der Waals surface area contributed by atoms with Crippen LogP contribution in [-0.4, -0.2) is 44.4 Å². The number of carboxylic acids is 1. The number of pyridine rings is 1. The van der Waals surface area contributed by atoms with Gasteiger partial charge in [-0.1, -0.05) is 6.07 Å². The smallest absolute Gasteiger partial charge is 0.338 e. The summed E-state index contributed by atoms with van der Waals surface area (Å²) in [5.41, 5.74) is 6.52. The number of nitrogens with zero attached hydrogens (tertiary/aromatic N) is 1. The van der Waals surface area contributed by atoms with Crippen molar-refractivity contribution < 1.29 is 29.6 Å². The maximum absolute atomic E-state index is 12.1. The van der Waals surface area contributed by atoms with Gasteiger partial charge in [0.2, 0.25) is 0 Å². The Labute approximate surface area is 149 Å². The third-order valence-corrected chi connectivity index (χ3v) is 3.96. The third-order valence-electron chi connectivity index (χ3n) is 3.96. The van der Waals surface area contributed by atoms with E-state index in [1.165, 1.54) is 42.7 Å². The Morgan fingerprint density at radius 2 is 1.81 bits per heavy atom. The standard InChI is InChI=1S/C18H20N2O6/c1-10(26-18(25)11-4-6-20-7-5-11)8-13(16(19)17(23)24)12-2-3-14(21)15(22)9-12/h2-7,9-10,13,16,21-22H,8,19H2,1H3,(H,23,24)/t10-,13?,16-/m0/s1. The number of esters is 1. The van der Waals surface area contributed by atoms with E-state index in [0.29, 0.717) is 11.1 Å². The molecule has 1 heterocycles. The van der Waals surface area contributed by atoms with Crippen LogP contribution in [0.1, 0.15) is 35.2 Å². The van der Waals surface area contributed by atoms with Crippen LogP contribution in [0.4, 0.5) is 0 Å². The summed E-state index contributed by atoms with van der Waals surface area (Å²) in [7, 11) is 0. The van der Waals surface area contributed by atoms with Crippen molar-refractivity contribution in [3.63, 3.8) is 0 Å². The van der Waals surface area contributed by atoms with Gasteiger partial charge < -0.3 is 25.8 Å². The molecule has 0 radical (unpaired) electrons. The van der Waals surface area contributed by atoms with Crippen molar-refractivity contribution in [2.45, 2.75) is 31.4 Å². The first-order valence-electron chi connectivity index (χ1n) is 7.91. The van der Waals surface area contributed by atoms with E-state index >= 15 is 0 Å². The van der Waals surface area contributed by atoms with Gasteiger partial charge in [0.15, 0.2) is 11.5 Å². The first kappa shape index (κ1) is 19.2. The Bertz CT molecular complexity index is 781. The number of carboxylic acid groups (broad SMARTS) is 1. The number of phenols is 2. The highest BCUT2D eigenvalue weighted by atomic mass is 16.5. The summed E-state index contributed by atoms with van der Waals surface area (Å²) >= 11 is 0. The number of rotatable bonds is 7. The van der Waals surface area contributed by atoms with E-state index in [1.54, 1.807) is 6.92 Å². The zero-order valence-electron chi connectivity index (χ0n) is 14.1. The van der Waals surface area contributed by atoms with Crippen molar-refractivity contribution in [3.05, 3.63) is 53.9 Å². The van der Waals surface area contributed by atoms with Gasteiger partial charge in [-0.2, -0.15) is 0 Å². The molecule has 8 heteroatoms. The van der Waals surface area contributed by atoms with Gasteiger partial charge in [0, 0.05) is 18.3 Å². The van der Waals surface area contributed by atoms with E-state index in [2.05, 4.69) is 4.98 Å². The van der Waals surface area contributed by atoms with Gasteiger partial charge in [-0.25, -0.2) is 4.79 Å². The quantitative estimate of drug-likeness (QED) is 0.431. The van der Waals surface area contributed by atoms with Gasteiger partial charge in [0.25, 0.3) is 0 Å². The molecule has 1 aromatic carbocycles. The van der Waals surface area contributed by atoms with Crippen LogP contribution in [0.15, 0.2) is 42.7 Å². The number of hydrogen-bond acceptors (Lipinski definition) is 7. The van der Waals surface area contributed by atoms with E-state index in [1.807, 2.05) is 0 Å². The highest BCUT2D eigenvalue weighted by Gasteiger charge is 2.29. The Morgan fingerprint density at radius 3 is 2.38 bits per heavy atom. The fraction of sp³-hybridized carbons (Fsp3) is 0.278. The van der Waals surface area contributed by atoms with Crippen molar-refractivity contribution >= 4 is 11.9 Å². The molecule has 2 aromatic rings. The summed E-state index contributed by atoms with van der Waals surface area (Å²) in [5, 5.41) is 28.4. The maximum atomic E-state index is 12.1. The number of phenolic OH excluding ortho intramolecular Hbond substituents is 2. The predicted octanol–water partition coefficient (Wildman–Crippen LogP) is 1.62. The molecule has 0 aliphatic rings. The molecule has 2 rings (SSSR count). The van der Waals surface area contributed by atoms with Crippen LogP contribution >= 0.6 is 0 Å². The number of aliphatic carboxylic acids is 1. The van der Waals surface area contributed by atoms with Gasteiger partial charge >= 0.3 is 11.9 Å². The van der Waals surface area contributed by atoms with Gasteiger partial charge in [-0.3, -0.25) is 9.78 Å². The first-order valence-corrected chi connectivity index (χ1v) is 7.91. The lowest BCUT2D eigenvalue weighted by molar-refractivity contribution is -0.139. The molecule has 0 aliphatic heterocycles. The summed E-state index contributed by atoms with van der Waals surface area (Å²) < 4.78 is 5.35. The van der Waals surface area contributed by atoms with Crippen molar-refractivity contribution in [1.82, 2.24) is 4.98 Å². The minimum absolute atomic E-state index is 0.120. The zero-order valence-corrected chi connectivity index (χ0v) is 14.1. The lowest BCUT2D eigenvalue weighted by Crippen LogP contribution is -2.38. The average Bonchev–Trinajstić information content (AvgIpc) is 2.62. The maximum Gasteiger partial charge on any atom is 0.338 e. The van der Waals surface area contributed by atoms with Crippen LogP contribution < -0.4 is 5.73 Å². The normalized spacial score (nSPS) is 14.2. The van der Waals surface area contributed by atoms with Crippen molar-refractivity contribution in [1.29, 1.82) is 0 Å². The summed E-state index contributed by atoms with van der Waals surface area (Å²) in [6, 6.07) is 5.71. The number of aromatic nitrogens is 1. The number of aromatic hydroxyl groups is 2. The zero-order chi connectivity index (χ0) is 19.3. The molecule has 3 atom stereocenters. The molecule has 26 heavy (non-hydrogen) atoms. The average molecular weight is 360 g/mol. The lowest BCUT2D eigenvalue weighted by Gasteiger charge is -2.25. The van der Waals surface area contributed by atoms with E-state index in [9.17, 15) is 24.9 Å². The first-order chi connectivity index (χ1) is 12.3. The summed E-state index contributed by atoms with van der Waals surface area (Å²) in [4.78, 5) is 27.3. The van der Waals surface area contributed by atoms with Crippen LogP contribution in [0.5, 0.6) is 11.5 Å². The van der Waals surface area contributed by atoms with E-state index < -0.39 is 30.0 Å². The summed E-state index contributed by atoms with van der Waals surface area (Å²) in [6.07, 6.45) is 2.41. The van der Waals surface area contributed by atoms with Gasteiger partial charge in [-0.05, 0) is 43.2 Å². The fourth-order valence-electron chi connectivity index (χ4n) is 2.58. The van der Waals surface area contributed by atoms with E-state index in [4.69, 9.17) is 10.5 Å². The molecule has 0 aliphatic carbocycles. The second kappa shape index (κ2) is 8.30. The molecule has 1 unspecified atom stereocenters. The highest BCUT2D eigenvalue weighted by Crippen LogP contribution is 2.32. The topological polar surface area (TPSA) is 143 Å². The van der Waals surface area contributed by atoms with E-state index in [0.717, 1.165) is 0 Å². The summed E-state index contributed by atoms with van der Waals surface area (Å²) in [5.74, 6) is -3.23. The number of nitrogens with two attached hydrogens (primary N) is 1. The van der Waals surface area contributed by atoms with Gasteiger partial charge in [-0.15, -0.1) is 0 Å². The number of hydrogen-bond donors (Lipinski definition) is 4. The van der Waals surface area contributed by atoms with Crippen molar-refractivity contribution in [2.75, 3.05) is 0 Å². The van der Waals surface area contributed by atoms with Crippen LogP contribution in [-0.2, 0) is 9.53 Å². The minimum atomic E-state index is -1.28. The molecule has 5 N–H and O–H groups in total. The van der Waals surface area contributed by atoms with Crippen molar-refractivity contribution in [2.24, 2.45) is 5.73 Å². The molecular formula is C18H20N2O6. The largest absolute Gasteiger partial charge is 0.504 e. The molecule has 0 spiro atoms. The monoisotopic (exact) mass is 360 g/mol. The van der Waals surface area contributed by atoms with Gasteiger partial charge in [0.1, 0.15) is 12.1 Å². The second-order valence-electron chi connectivity index (χ2n) is 5.91. The predicted molar refractivity (Wildman–Crippen MR) is 91.9 cm³/mol. The lowest BCUT2D eigenvalue weighted by atomic mass is 9.87. The Hall–Kier alpha value is -3.13. The Morgan fingerprint density at radius 1 is 1.15 bits per heavy atom. The fourth-order valence-corrected chi connectivity index (χ4v) is 2.58. The number of carbonyl (C=O) groups excluding carboxylic acids is 1. The Balaban J connectivity index is 2.16. The molecule has 0 bridgehead atoms. The highest BCUT2D eigenvalue weighted by molar-refractivity contribution is 5.89.